The first-order chi connectivity index (χ1) is 16.5. The Kier molecular flexibility index (Phi) is 6.52. The summed E-state index contributed by atoms with van der Waals surface area (Å²) in [6, 6.07) is 7.82. The third-order valence-electron chi connectivity index (χ3n) is 5.33. The van der Waals surface area contributed by atoms with Crippen LogP contribution in [0.25, 0.3) is 0 Å². The summed E-state index contributed by atoms with van der Waals surface area (Å²) in [4.78, 5) is 30.0. The molecule has 0 saturated heterocycles. The molecule has 0 unspecified atom stereocenters. The number of ether oxygens (including phenoxy) is 1. The fourth-order valence-corrected chi connectivity index (χ4v) is 4.61. The molecule has 1 amide bonds. The molecule has 13 heteroatoms. The van der Waals surface area contributed by atoms with Crippen LogP contribution in [0.15, 0.2) is 47.5 Å². The summed E-state index contributed by atoms with van der Waals surface area (Å²) in [6.07, 6.45) is 2.23. The fraction of sp³-hybridized carbons (Fsp3) is 0.227. The molecule has 0 fully saturated rings. The van der Waals surface area contributed by atoms with Crippen LogP contribution < -0.4 is 19.5 Å². The van der Waals surface area contributed by atoms with Gasteiger partial charge in [-0.05, 0) is 29.8 Å². The number of amides is 1. The van der Waals surface area contributed by atoms with Crippen molar-refractivity contribution < 1.29 is 26.7 Å². The summed E-state index contributed by atoms with van der Waals surface area (Å²) >= 11 is 6.12. The highest BCUT2D eigenvalue weighted by molar-refractivity contribution is 7.92. The Labute approximate surface area is 204 Å². The number of anilines is 2. The average Bonchev–Trinajstić information content (AvgIpc) is 3.17. The van der Waals surface area contributed by atoms with Crippen molar-refractivity contribution >= 4 is 38.9 Å². The Balaban J connectivity index is 1.58. The summed E-state index contributed by atoms with van der Waals surface area (Å²) in [7, 11) is -3.65. The minimum absolute atomic E-state index is 0.00335. The second kappa shape index (κ2) is 9.27. The fourth-order valence-electron chi connectivity index (χ4n) is 3.57. The third-order valence-corrected chi connectivity index (χ3v) is 6.77. The number of rotatable bonds is 6. The number of carbonyl (C=O) groups is 1. The number of nitrogens with zero attached hydrogens (tertiary/aromatic N) is 4. The molecule has 0 N–H and O–H groups in total. The van der Waals surface area contributed by atoms with E-state index in [1.165, 1.54) is 28.8 Å². The molecule has 0 spiro atoms. The van der Waals surface area contributed by atoms with Crippen molar-refractivity contribution in [2.75, 3.05) is 22.1 Å². The smallest absolute Gasteiger partial charge is 0.276 e. The van der Waals surface area contributed by atoms with E-state index in [-0.39, 0.29) is 42.2 Å². The molecule has 2 aromatic carbocycles. The summed E-state index contributed by atoms with van der Waals surface area (Å²) in [6.45, 7) is 0.885. The molecule has 1 aromatic heterocycles. The topological polar surface area (TPSA) is 102 Å². The van der Waals surface area contributed by atoms with E-state index in [9.17, 15) is 26.8 Å². The van der Waals surface area contributed by atoms with Gasteiger partial charge in [-0.25, -0.2) is 26.5 Å². The zero-order chi connectivity index (χ0) is 25.5. The molecule has 0 aliphatic carbocycles. The van der Waals surface area contributed by atoms with Crippen molar-refractivity contribution in [1.82, 2.24) is 9.55 Å². The third kappa shape index (κ3) is 4.98. The molecule has 0 radical (unpaired) electrons. The summed E-state index contributed by atoms with van der Waals surface area (Å²) in [5.41, 5.74) is 0.731. The zero-order valence-corrected chi connectivity index (χ0v) is 20.1. The monoisotopic (exact) mass is 524 g/mol. The van der Waals surface area contributed by atoms with Gasteiger partial charge in [0.15, 0.2) is 5.02 Å². The minimum Gasteiger partial charge on any atom is -0.471 e. The highest BCUT2D eigenvalue weighted by Crippen LogP contribution is 2.38. The van der Waals surface area contributed by atoms with Crippen LogP contribution in [0, 0.1) is 11.6 Å². The quantitative estimate of drug-likeness (QED) is 0.491. The molecule has 35 heavy (non-hydrogen) atoms. The number of sulfonamides is 1. The number of halogens is 3. The van der Waals surface area contributed by atoms with Gasteiger partial charge in [-0.3, -0.25) is 19.1 Å². The molecule has 0 saturated carbocycles. The van der Waals surface area contributed by atoms with E-state index in [0.29, 0.717) is 23.0 Å². The van der Waals surface area contributed by atoms with Gasteiger partial charge in [0, 0.05) is 18.6 Å². The van der Waals surface area contributed by atoms with Gasteiger partial charge in [0.05, 0.1) is 24.2 Å². The van der Waals surface area contributed by atoms with Gasteiger partial charge in [-0.1, -0.05) is 17.7 Å². The van der Waals surface area contributed by atoms with E-state index < -0.39 is 27.2 Å². The van der Waals surface area contributed by atoms with Crippen LogP contribution in [0.2, 0.25) is 5.02 Å². The number of carbonyl (C=O) groups excluding carboxylic acids is 1. The Morgan fingerprint density at radius 3 is 2.57 bits per heavy atom. The number of benzene rings is 2. The van der Waals surface area contributed by atoms with Crippen molar-refractivity contribution in [3.8, 4) is 5.88 Å². The van der Waals surface area contributed by atoms with E-state index in [4.69, 9.17) is 16.3 Å². The van der Waals surface area contributed by atoms with Crippen LogP contribution in [-0.2, 0) is 28.0 Å². The van der Waals surface area contributed by atoms with E-state index in [1.54, 1.807) is 18.2 Å². The van der Waals surface area contributed by atoms with Crippen molar-refractivity contribution in [2.24, 2.45) is 0 Å². The molecule has 2 heterocycles. The van der Waals surface area contributed by atoms with Crippen molar-refractivity contribution in [1.29, 1.82) is 0 Å². The molecule has 1 aliphatic rings. The Morgan fingerprint density at radius 1 is 1.17 bits per heavy atom. The molecule has 184 valence electrons. The highest BCUT2D eigenvalue weighted by Gasteiger charge is 2.33. The maximum absolute atomic E-state index is 13.8. The minimum atomic E-state index is -3.65. The lowest BCUT2D eigenvalue weighted by molar-refractivity contribution is -0.116. The van der Waals surface area contributed by atoms with Gasteiger partial charge in [0.25, 0.3) is 5.56 Å². The lowest BCUT2D eigenvalue weighted by Crippen LogP contribution is -2.36. The molecule has 3 aromatic rings. The highest BCUT2D eigenvalue weighted by atomic mass is 35.5. The predicted octanol–water partition coefficient (Wildman–Crippen LogP) is 2.89. The number of fused-ring (bicyclic) bond motifs is 1. The van der Waals surface area contributed by atoms with Crippen LogP contribution in [-0.4, -0.2) is 36.8 Å². The van der Waals surface area contributed by atoms with Gasteiger partial charge in [0.2, 0.25) is 21.8 Å². The van der Waals surface area contributed by atoms with Crippen molar-refractivity contribution in [3.63, 3.8) is 0 Å². The van der Waals surface area contributed by atoms with E-state index >= 15 is 0 Å². The van der Waals surface area contributed by atoms with Gasteiger partial charge in [-0.15, -0.1) is 0 Å². The van der Waals surface area contributed by atoms with E-state index in [1.807, 2.05) is 0 Å². The average molecular weight is 525 g/mol. The predicted molar refractivity (Wildman–Crippen MR) is 125 cm³/mol. The van der Waals surface area contributed by atoms with Gasteiger partial charge < -0.3 is 4.74 Å². The molecular formula is C22H19ClF2N4O5S. The van der Waals surface area contributed by atoms with Crippen LogP contribution >= 0.6 is 11.6 Å². The second-order valence-electron chi connectivity index (χ2n) is 7.84. The van der Waals surface area contributed by atoms with Gasteiger partial charge in [0.1, 0.15) is 31.2 Å². The maximum atomic E-state index is 13.8. The Hall–Kier alpha value is -3.51. The van der Waals surface area contributed by atoms with Crippen LogP contribution in [0.1, 0.15) is 18.1 Å². The Bertz CT molecular complexity index is 1500. The van der Waals surface area contributed by atoms with Crippen molar-refractivity contribution in [3.05, 3.63) is 80.9 Å². The van der Waals surface area contributed by atoms with Crippen molar-refractivity contribution in [2.45, 2.75) is 20.1 Å². The summed E-state index contributed by atoms with van der Waals surface area (Å²) in [5.74, 6) is -2.07. The summed E-state index contributed by atoms with van der Waals surface area (Å²) in [5, 5.41) is -0.336. The second-order valence-corrected chi connectivity index (χ2v) is 10.1. The van der Waals surface area contributed by atoms with Gasteiger partial charge >= 0.3 is 0 Å². The van der Waals surface area contributed by atoms with Crippen LogP contribution in [0.4, 0.5) is 20.2 Å². The van der Waals surface area contributed by atoms with Gasteiger partial charge in [-0.2, -0.15) is 0 Å². The van der Waals surface area contributed by atoms with E-state index in [0.717, 1.165) is 16.6 Å². The standard InChI is InChI=1S/C22H19ClF2N4O5S/c1-13(30)28-12-29(35(2,32)33)19-7-14(3-6-18(19)28)9-27-11-26-21(20(23)22(27)31)34-10-15-4-5-16(24)8-17(15)25/h3-8,11H,9-10,12H2,1-2H3. The molecule has 9 nitrogen and oxygen atoms in total. The lowest BCUT2D eigenvalue weighted by Gasteiger charge is -2.17. The molecular weight excluding hydrogens is 506 g/mol. The largest absolute Gasteiger partial charge is 0.471 e. The van der Waals surface area contributed by atoms with Crippen LogP contribution in [0.5, 0.6) is 5.88 Å². The first-order valence-corrected chi connectivity index (χ1v) is 12.4. The summed E-state index contributed by atoms with van der Waals surface area (Å²) < 4.78 is 58.9. The SMILES string of the molecule is CC(=O)N1CN(S(C)(=O)=O)c2cc(Cn3cnc(OCc4ccc(F)cc4F)c(Cl)c3=O)ccc21. The van der Waals surface area contributed by atoms with Crippen LogP contribution in [0.3, 0.4) is 0 Å². The Morgan fingerprint density at radius 2 is 1.91 bits per heavy atom. The number of hydrogen-bond acceptors (Lipinski definition) is 6. The lowest BCUT2D eigenvalue weighted by atomic mass is 10.1. The first kappa shape index (κ1) is 24.6. The first-order valence-electron chi connectivity index (χ1n) is 10.2. The normalized spacial score (nSPS) is 13.2. The molecule has 0 atom stereocenters. The molecule has 0 bridgehead atoms. The van der Waals surface area contributed by atoms with E-state index in [2.05, 4.69) is 4.98 Å². The zero-order valence-electron chi connectivity index (χ0n) is 18.5. The molecule has 4 rings (SSSR count). The molecule has 1 aliphatic heterocycles. The number of aromatic nitrogens is 2. The maximum Gasteiger partial charge on any atom is 0.276 e. The number of hydrogen-bond donors (Lipinski definition) is 0.